The number of nitrogens with one attached hydrogen (secondary N) is 6. The van der Waals surface area contributed by atoms with Crippen LogP contribution in [0, 0.1) is 0 Å². The minimum Gasteiger partial charge on any atom is -0.324 e. The van der Waals surface area contributed by atoms with Crippen molar-refractivity contribution >= 4 is 107 Å². The van der Waals surface area contributed by atoms with Crippen LogP contribution in [-0.2, 0) is 40.1 Å². The number of nitrogens with zero attached hydrogens (tertiary/aromatic N) is 6. The summed E-state index contributed by atoms with van der Waals surface area (Å²) in [5.41, 5.74) is 1.26. The molecule has 3 aromatic heterocycles. The second-order valence-corrected chi connectivity index (χ2v) is 44.8. The standard InChI is InChI=1S/C104H166N12O8S4/c1-5-9-13-17-21-25-29-33-37-41-45-49-53-57-61-71-81-125(117,118)113-93-91-92(104-111-102-90-80-70-68-78-88(90)100(109-102)107-98-86-76-66-65-75-85(86)97(105-98)106-99-87-77-67-69-79-89(87)101(108-99)110-103(91)112-104)94(114-126(119,120)82-72-62-58-54-50-46-42-38-34-30-26-22-18-14-10-6-2)96(116-128(123,124)84-74-64-60-56-52-48-44-40-36-32-28-24-20-16-12-8-4)95(93)115-127(121,122)83-73-63-59-55-51-47-43-39-35-31-27-23-19-15-11-7-3/h65-70,75-80,113-116H,5-64,71-74,81-84H2,1-4H3,(H2,105,106,107,108,109,110,111,112). The zero-order valence-corrected chi connectivity index (χ0v) is 82.9. The van der Waals surface area contributed by atoms with Crippen molar-refractivity contribution in [2.45, 2.75) is 439 Å². The highest BCUT2D eigenvalue weighted by Gasteiger charge is 2.34. The van der Waals surface area contributed by atoms with Gasteiger partial charge in [0.1, 0.15) is 22.6 Å². The predicted molar refractivity (Wildman–Crippen MR) is 544 cm³/mol. The molecular weight excluding hydrogens is 1670 g/mol. The summed E-state index contributed by atoms with van der Waals surface area (Å²) >= 11 is 0. The Morgan fingerprint density at radius 1 is 0.203 bits per heavy atom. The van der Waals surface area contributed by atoms with Gasteiger partial charge in [-0.2, -0.15) is 0 Å². The van der Waals surface area contributed by atoms with Crippen molar-refractivity contribution in [2.75, 3.05) is 41.9 Å². The molecule has 24 heteroatoms. The molecule has 5 heterocycles. The summed E-state index contributed by atoms with van der Waals surface area (Å²) in [4.78, 5) is 38.4. The smallest absolute Gasteiger partial charge is 0.232 e. The summed E-state index contributed by atoms with van der Waals surface area (Å²) in [6, 6.07) is 22.7. The van der Waals surface area contributed by atoms with Gasteiger partial charge in [0.15, 0.2) is 23.3 Å². The average Bonchev–Trinajstić information content (AvgIpc) is 1.54. The number of aromatic amines is 2. The first-order valence-corrected chi connectivity index (χ1v) is 58.4. The molecule has 714 valence electrons. The van der Waals surface area contributed by atoms with E-state index in [1.54, 1.807) is 0 Å². The van der Waals surface area contributed by atoms with Gasteiger partial charge in [0, 0.05) is 33.0 Å². The molecule has 6 N–H and O–H groups in total. The van der Waals surface area contributed by atoms with Crippen molar-refractivity contribution in [1.29, 1.82) is 0 Å². The van der Waals surface area contributed by atoms with E-state index in [-0.39, 0.29) is 93.9 Å². The summed E-state index contributed by atoms with van der Waals surface area (Å²) in [5.74, 6) is -0.767. The monoisotopic (exact) mass is 1840 g/mol. The van der Waals surface area contributed by atoms with Gasteiger partial charge in [0.05, 0.1) is 56.5 Å². The Hall–Kier alpha value is -6.76. The molecule has 2 aliphatic rings. The van der Waals surface area contributed by atoms with Crippen LogP contribution < -0.4 is 18.9 Å². The number of sulfonamides is 4. The molecule has 4 aromatic carbocycles. The molecule has 2 aliphatic heterocycles. The highest BCUT2D eigenvalue weighted by Crippen LogP contribution is 2.51. The van der Waals surface area contributed by atoms with Crippen LogP contribution in [0.4, 0.5) is 22.7 Å². The van der Waals surface area contributed by atoms with Crippen LogP contribution in [0.2, 0.25) is 0 Å². The van der Waals surface area contributed by atoms with Crippen LogP contribution in [0.1, 0.15) is 439 Å². The Morgan fingerprint density at radius 3 is 0.570 bits per heavy atom. The number of aromatic nitrogens is 8. The van der Waals surface area contributed by atoms with Crippen LogP contribution >= 0.6 is 0 Å². The number of benzene rings is 4. The number of rotatable bonds is 76. The van der Waals surface area contributed by atoms with E-state index in [1.807, 2.05) is 72.8 Å². The first kappa shape index (κ1) is 105. The van der Waals surface area contributed by atoms with E-state index in [0.717, 1.165) is 114 Å². The normalized spacial score (nSPS) is 12.4. The average molecular weight is 1840 g/mol. The fourth-order valence-electron chi connectivity index (χ4n) is 18.5. The third-order valence-corrected chi connectivity index (χ3v) is 31.5. The summed E-state index contributed by atoms with van der Waals surface area (Å²) < 4.78 is 136. The molecule has 128 heavy (non-hydrogen) atoms. The first-order valence-electron chi connectivity index (χ1n) is 51.8. The Kier molecular flexibility index (Phi) is 48.9. The van der Waals surface area contributed by atoms with Gasteiger partial charge >= 0.3 is 0 Å². The highest BCUT2D eigenvalue weighted by atomic mass is 32.2. The van der Waals surface area contributed by atoms with Crippen LogP contribution in [0.25, 0.3) is 89.7 Å². The van der Waals surface area contributed by atoms with Gasteiger partial charge in [0.25, 0.3) is 0 Å². The Bertz CT molecular complexity index is 4710. The van der Waals surface area contributed by atoms with E-state index in [9.17, 15) is 0 Å². The van der Waals surface area contributed by atoms with E-state index < -0.39 is 63.0 Å². The zero-order valence-electron chi connectivity index (χ0n) is 79.6. The maximum Gasteiger partial charge on any atom is 0.232 e. The van der Waals surface area contributed by atoms with Gasteiger partial charge in [-0.3, -0.25) is 18.9 Å². The molecule has 20 nitrogen and oxygen atoms in total. The fourth-order valence-corrected chi connectivity index (χ4v) is 23.3. The second-order valence-electron chi connectivity index (χ2n) is 37.4. The number of unbranched alkanes of at least 4 members (excludes halogenated alkanes) is 60. The molecule has 7 aromatic rings. The minimum absolute atomic E-state index is 0.104. The van der Waals surface area contributed by atoms with Crippen LogP contribution in [-0.4, -0.2) is 96.6 Å². The molecule has 8 bridgehead atoms. The predicted octanol–water partition coefficient (Wildman–Crippen LogP) is 30.9. The lowest BCUT2D eigenvalue weighted by molar-refractivity contribution is 0.531. The summed E-state index contributed by atoms with van der Waals surface area (Å²) in [6.07, 6.45) is 69.9. The van der Waals surface area contributed by atoms with Crippen LogP contribution in [0.5, 0.6) is 0 Å². The molecule has 0 fully saturated rings. The fraction of sp³-hybridized carbons (Fsp3) is 0.692. The number of anilines is 4. The maximum atomic E-state index is 15.7. The van der Waals surface area contributed by atoms with Crippen molar-refractivity contribution in [3.63, 3.8) is 0 Å². The Balaban J connectivity index is 1.12. The van der Waals surface area contributed by atoms with Gasteiger partial charge in [-0.05, 0) is 25.7 Å². The Labute approximate surface area is 774 Å². The molecular formula is C104H166N12O8S4. The molecule has 0 saturated heterocycles. The van der Waals surface area contributed by atoms with Gasteiger partial charge in [-0.1, -0.05) is 486 Å². The van der Waals surface area contributed by atoms with E-state index >= 15 is 33.7 Å². The topological polar surface area (TPSA) is 294 Å². The van der Waals surface area contributed by atoms with Gasteiger partial charge in [0.2, 0.25) is 40.1 Å². The maximum absolute atomic E-state index is 15.7. The Morgan fingerprint density at radius 2 is 0.367 bits per heavy atom. The second kappa shape index (κ2) is 59.7. The number of hydrogen-bond donors (Lipinski definition) is 6. The molecule has 0 aliphatic carbocycles. The lowest BCUT2D eigenvalue weighted by atomic mass is 10.0. The zero-order chi connectivity index (χ0) is 90.6. The minimum atomic E-state index is -4.57. The number of fused-ring (bicyclic) bond motifs is 20. The quantitative estimate of drug-likeness (QED) is 0.0193. The van der Waals surface area contributed by atoms with Crippen molar-refractivity contribution in [3.8, 4) is 45.6 Å². The largest absolute Gasteiger partial charge is 0.324 e. The summed E-state index contributed by atoms with van der Waals surface area (Å²) in [6.45, 7) is 9.01. The van der Waals surface area contributed by atoms with Crippen molar-refractivity contribution in [2.24, 2.45) is 0 Å². The van der Waals surface area contributed by atoms with E-state index in [0.29, 0.717) is 59.2 Å². The molecule has 0 amide bonds. The van der Waals surface area contributed by atoms with Crippen LogP contribution in [0.15, 0.2) is 72.8 Å². The van der Waals surface area contributed by atoms with Crippen LogP contribution in [0.3, 0.4) is 0 Å². The number of hydrogen-bond acceptors (Lipinski definition) is 14. The lowest BCUT2D eigenvalue weighted by Gasteiger charge is -2.24. The molecule has 0 spiro atoms. The third-order valence-electron chi connectivity index (χ3n) is 26.1. The van der Waals surface area contributed by atoms with E-state index in [2.05, 4.69) is 56.6 Å². The van der Waals surface area contributed by atoms with Crippen molar-refractivity contribution in [3.05, 3.63) is 72.8 Å². The van der Waals surface area contributed by atoms with Crippen molar-refractivity contribution < 1.29 is 33.7 Å². The molecule has 9 rings (SSSR count). The first-order chi connectivity index (χ1) is 62.4. The molecule has 0 radical (unpaired) electrons. The van der Waals surface area contributed by atoms with Gasteiger partial charge in [-0.25, -0.2) is 63.6 Å². The molecule has 0 unspecified atom stereocenters. The van der Waals surface area contributed by atoms with Crippen molar-refractivity contribution in [1.82, 2.24) is 39.9 Å². The van der Waals surface area contributed by atoms with Gasteiger partial charge < -0.3 is 9.97 Å². The van der Waals surface area contributed by atoms with Gasteiger partial charge in [-0.15, -0.1) is 0 Å². The molecule has 0 saturated carbocycles. The summed E-state index contributed by atoms with van der Waals surface area (Å²) in [5, 5.41) is 1.30. The summed E-state index contributed by atoms with van der Waals surface area (Å²) in [7, 11) is -18.2. The lowest BCUT2D eigenvalue weighted by Crippen LogP contribution is -2.25. The highest BCUT2D eigenvalue weighted by molar-refractivity contribution is 7.94. The molecule has 0 atom stereocenters. The third kappa shape index (κ3) is 37.7. The number of H-pyrrole nitrogens is 2. The SMILES string of the molecule is CCCCCCCCCCCCCCCCCCS(=O)(=O)Nc1c(NS(=O)(=O)CCCCCCCCCCCCCCCCCC)c(NS(=O)(=O)CCCCCCCCCCCCCCCCCC)c2c3nc4nc(nc5[nH]c(nc6nc(nc([nH]3)c2c1NS(=O)(=O)CCCCCCCCCCCCCCCCCC)-c1ccccc1-6)c1ccccc51)-c1ccccc1-4. The van der Waals surface area contributed by atoms with E-state index in [4.69, 9.17) is 29.9 Å². The van der Waals surface area contributed by atoms with E-state index in [1.165, 1.54) is 257 Å².